The highest BCUT2D eigenvalue weighted by Crippen LogP contribution is 2.29. The molecule has 2 aromatic rings. The van der Waals surface area contributed by atoms with Crippen molar-refractivity contribution < 1.29 is 4.79 Å². The molecule has 3 nitrogen and oxygen atoms in total. The number of amides is 1. The van der Waals surface area contributed by atoms with E-state index in [0.29, 0.717) is 21.3 Å². The Bertz CT molecular complexity index is 683. The minimum absolute atomic E-state index is 0.247. The second-order valence-electron chi connectivity index (χ2n) is 5.08. The van der Waals surface area contributed by atoms with E-state index in [1.54, 1.807) is 30.5 Å². The van der Waals surface area contributed by atoms with Crippen LogP contribution >= 0.6 is 23.2 Å². The molecule has 1 N–H and O–H groups in total. The molecule has 21 heavy (non-hydrogen) atoms. The van der Waals surface area contributed by atoms with Crippen LogP contribution in [0, 0.1) is 0 Å². The monoisotopic (exact) mass is 320 g/mol. The molecule has 0 saturated carbocycles. The number of nitrogens with one attached hydrogen (secondary N) is 1. The summed E-state index contributed by atoms with van der Waals surface area (Å²) in [5.74, 6) is -0.247. The highest BCUT2D eigenvalue weighted by molar-refractivity contribution is 6.35. The van der Waals surface area contributed by atoms with Gasteiger partial charge >= 0.3 is 0 Å². The molecule has 3 rings (SSSR count). The number of fused-ring (bicyclic) bond motifs is 1. The van der Waals surface area contributed by atoms with Gasteiger partial charge in [-0.1, -0.05) is 23.2 Å². The number of aryl methyl sites for hydroxylation is 1. The van der Waals surface area contributed by atoms with Crippen LogP contribution in [0.15, 0.2) is 30.5 Å². The van der Waals surface area contributed by atoms with Crippen molar-refractivity contribution in [3.63, 3.8) is 0 Å². The molecule has 0 aliphatic heterocycles. The van der Waals surface area contributed by atoms with E-state index in [0.717, 1.165) is 36.9 Å². The number of carbonyl (C=O) groups is 1. The van der Waals surface area contributed by atoms with Crippen LogP contribution in [0.25, 0.3) is 0 Å². The van der Waals surface area contributed by atoms with Crippen molar-refractivity contribution in [3.05, 3.63) is 57.3 Å². The molecule has 1 aromatic carbocycles. The lowest BCUT2D eigenvalue weighted by atomic mass is 9.95. The molecule has 1 aliphatic rings. The fourth-order valence-electron chi connectivity index (χ4n) is 2.52. The molecule has 0 unspecified atom stereocenters. The molecule has 1 aromatic heterocycles. The first-order chi connectivity index (χ1) is 10.1. The zero-order chi connectivity index (χ0) is 14.8. The van der Waals surface area contributed by atoms with E-state index in [1.807, 2.05) is 0 Å². The number of hydrogen-bond donors (Lipinski definition) is 1. The summed E-state index contributed by atoms with van der Waals surface area (Å²) in [5, 5.41) is 3.97. The molecule has 0 radical (unpaired) electrons. The molecule has 0 spiro atoms. The highest BCUT2D eigenvalue weighted by atomic mass is 35.5. The minimum atomic E-state index is -0.247. The van der Waals surface area contributed by atoms with Crippen LogP contribution in [0.5, 0.6) is 0 Å². The van der Waals surface area contributed by atoms with E-state index in [2.05, 4.69) is 10.3 Å². The second-order valence-corrected chi connectivity index (χ2v) is 5.89. The lowest BCUT2D eigenvalue weighted by Crippen LogP contribution is -2.16. The van der Waals surface area contributed by atoms with E-state index in [1.165, 1.54) is 0 Å². The van der Waals surface area contributed by atoms with Gasteiger partial charge in [-0.2, -0.15) is 0 Å². The van der Waals surface area contributed by atoms with Crippen LogP contribution in [0.1, 0.15) is 34.5 Å². The third-order valence-corrected chi connectivity index (χ3v) is 4.32. The number of aromatic nitrogens is 1. The van der Waals surface area contributed by atoms with Gasteiger partial charge in [0.1, 0.15) is 0 Å². The highest BCUT2D eigenvalue weighted by Gasteiger charge is 2.20. The Balaban J connectivity index is 1.86. The molecule has 1 amide bonds. The van der Waals surface area contributed by atoms with Crippen LogP contribution in [-0.4, -0.2) is 10.9 Å². The van der Waals surface area contributed by atoms with Gasteiger partial charge in [0.25, 0.3) is 5.91 Å². The van der Waals surface area contributed by atoms with E-state index < -0.39 is 0 Å². The fraction of sp³-hybridized carbons (Fsp3) is 0.250. The van der Waals surface area contributed by atoms with E-state index in [9.17, 15) is 4.79 Å². The summed E-state index contributed by atoms with van der Waals surface area (Å²) in [7, 11) is 0. The molecule has 0 fully saturated rings. The van der Waals surface area contributed by atoms with Gasteiger partial charge in [0.05, 0.1) is 10.6 Å². The molecule has 0 saturated heterocycles. The number of halogens is 2. The summed E-state index contributed by atoms with van der Waals surface area (Å²) in [6.07, 6.45) is 5.62. The fourth-order valence-corrected chi connectivity index (χ4v) is 2.98. The lowest BCUT2D eigenvalue weighted by Gasteiger charge is -2.17. The minimum Gasteiger partial charge on any atom is -0.322 e. The summed E-state index contributed by atoms with van der Waals surface area (Å²) in [6.45, 7) is 0. The van der Waals surface area contributed by atoms with Gasteiger partial charge < -0.3 is 5.32 Å². The van der Waals surface area contributed by atoms with E-state index in [4.69, 9.17) is 23.2 Å². The Morgan fingerprint density at radius 2 is 1.81 bits per heavy atom. The van der Waals surface area contributed by atoms with Crippen molar-refractivity contribution in [2.24, 2.45) is 0 Å². The van der Waals surface area contributed by atoms with Gasteiger partial charge in [-0.15, -0.1) is 0 Å². The van der Waals surface area contributed by atoms with Crippen molar-refractivity contribution >= 4 is 34.8 Å². The normalized spacial score (nSPS) is 13.6. The van der Waals surface area contributed by atoms with Gasteiger partial charge in [-0.3, -0.25) is 9.78 Å². The number of carbonyl (C=O) groups excluding carboxylic acids is 1. The summed E-state index contributed by atoms with van der Waals surface area (Å²) in [6, 6.07) is 6.95. The number of rotatable bonds is 2. The standard InChI is InChI=1S/C16H14Cl2N2O/c17-10-5-7-11(8-6-10)20-16(21)13-9-19-14-4-2-1-3-12(14)15(13)18/h5-9H,1-4H2,(H,20,21). The van der Waals surface area contributed by atoms with Gasteiger partial charge in [-0.05, 0) is 55.5 Å². The number of anilines is 1. The summed E-state index contributed by atoms with van der Waals surface area (Å²) >= 11 is 12.2. The molecule has 0 bridgehead atoms. The summed E-state index contributed by atoms with van der Waals surface area (Å²) in [5.41, 5.74) is 3.14. The number of hydrogen-bond acceptors (Lipinski definition) is 2. The Hall–Kier alpha value is -1.58. The molecular formula is C16H14Cl2N2O. The molecule has 1 aliphatic carbocycles. The maximum Gasteiger partial charge on any atom is 0.258 e. The lowest BCUT2D eigenvalue weighted by molar-refractivity contribution is 0.102. The van der Waals surface area contributed by atoms with E-state index in [-0.39, 0.29) is 5.91 Å². The first-order valence-electron chi connectivity index (χ1n) is 6.88. The van der Waals surface area contributed by atoms with Crippen LogP contribution in [-0.2, 0) is 12.8 Å². The smallest absolute Gasteiger partial charge is 0.258 e. The number of pyridine rings is 1. The van der Waals surface area contributed by atoms with Crippen molar-refractivity contribution in [2.45, 2.75) is 25.7 Å². The molecule has 108 valence electrons. The van der Waals surface area contributed by atoms with Crippen LogP contribution in [0.3, 0.4) is 0 Å². The topological polar surface area (TPSA) is 42.0 Å². The molecule has 1 heterocycles. The maximum absolute atomic E-state index is 12.3. The number of benzene rings is 1. The second kappa shape index (κ2) is 6.04. The van der Waals surface area contributed by atoms with Gasteiger partial charge in [0.2, 0.25) is 0 Å². The largest absolute Gasteiger partial charge is 0.322 e. The van der Waals surface area contributed by atoms with E-state index >= 15 is 0 Å². The molecule has 0 atom stereocenters. The summed E-state index contributed by atoms with van der Waals surface area (Å²) in [4.78, 5) is 16.7. The van der Waals surface area contributed by atoms with Gasteiger partial charge in [0.15, 0.2) is 0 Å². The van der Waals surface area contributed by atoms with Crippen molar-refractivity contribution in [2.75, 3.05) is 5.32 Å². The predicted molar refractivity (Wildman–Crippen MR) is 85.3 cm³/mol. The summed E-state index contributed by atoms with van der Waals surface area (Å²) < 4.78 is 0. The van der Waals surface area contributed by atoms with Crippen molar-refractivity contribution in [1.82, 2.24) is 4.98 Å². The maximum atomic E-state index is 12.3. The third-order valence-electron chi connectivity index (χ3n) is 3.64. The Morgan fingerprint density at radius 1 is 1.10 bits per heavy atom. The number of nitrogens with zero attached hydrogens (tertiary/aromatic N) is 1. The SMILES string of the molecule is O=C(Nc1ccc(Cl)cc1)c1cnc2c(c1Cl)CCCC2. The molecular weight excluding hydrogens is 307 g/mol. The Kier molecular flexibility index (Phi) is 4.13. The zero-order valence-electron chi connectivity index (χ0n) is 11.3. The van der Waals surface area contributed by atoms with Crippen LogP contribution < -0.4 is 5.32 Å². The van der Waals surface area contributed by atoms with Gasteiger partial charge in [0, 0.05) is 22.6 Å². The predicted octanol–water partition coefficient (Wildman–Crippen LogP) is 4.52. The average molecular weight is 321 g/mol. The van der Waals surface area contributed by atoms with Gasteiger partial charge in [-0.25, -0.2) is 0 Å². The quantitative estimate of drug-likeness (QED) is 0.883. The van der Waals surface area contributed by atoms with Crippen LogP contribution in [0.2, 0.25) is 10.0 Å². The Labute approximate surface area is 133 Å². The van der Waals surface area contributed by atoms with Crippen molar-refractivity contribution in [3.8, 4) is 0 Å². The van der Waals surface area contributed by atoms with Crippen LogP contribution in [0.4, 0.5) is 5.69 Å². The average Bonchev–Trinajstić information content (AvgIpc) is 2.50. The zero-order valence-corrected chi connectivity index (χ0v) is 12.8. The third kappa shape index (κ3) is 3.04. The first-order valence-corrected chi connectivity index (χ1v) is 7.64. The molecule has 5 heteroatoms. The Morgan fingerprint density at radius 3 is 2.57 bits per heavy atom. The first kappa shape index (κ1) is 14.4. The van der Waals surface area contributed by atoms with Crippen molar-refractivity contribution in [1.29, 1.82) is 0 Å².